The molecule has 4 N–H and O–H groups in total. The van der Waals surface area contributed by atoms with Crippen LogP contribution in [0, 0.1) is 11.2 Å². The summed E-state index contributed by atoms with van der Waals surface area (Å²) in [6, 6.07) is 9.12. The van der Waals surface area contributed by atoms with Crippen LogP contribution >= 0.6 is 0 Å². The fraction of sp³-hybridized carbons (Fsp3) is 0.385. The Kier molecular flexibility index (Phi) is 8.13. The van der Waals surface area contributed by atoms with E-state index in [1.807, 2.05) is 0 Å². The topological polar surface area (TPSA) is 135 Å². The van der Waals surface area contributed by atoms with Crippen LogP contribution in [0.4, 0.5) is 10.1 Å². The third kappa shape index (κ3) is 6.11. The molecule has 1 fully saturated rings. The number of fused-ring (bicyclic) bond motifs is 1. The van der Waals surface area contributed by atoms with Crippen molar-refractivity contribution in [1.29, 1.82) is 5.41 Å². The summed E-state index contributed by atoms with van der Waals surface area (Å²) < 4.78 is 54.2. The zero-order chi connectivity index (χ0) is 26.6. The Labute approximate surface area is 216 Å². The van der Waals surface area contributed by atoms with Gasteiger partial charge in [-0.1, -0.05) is 30.4 Å². The molecule has 198 valence electrons. The van der Waals surface area contributed by atoms with Crippen molar-refractivity contribution in [2.24, 2.45) is 5.73 Å². The molecule has 0 spiro atoms. The molecule has 2 heterocycles. The van der Waals surface area contributed by atoms with Crippen LogP contribution in [0.15, 0.2) is 42.5 Å². The number of nitrogen functional groups attached to an aromatic ring is 1. The number of hydrogen-bond acceptors (Lipinski definition) is 7. The number of piperidine rings is 1. The molecule has 11 heteroatoms. The maximum Gasteiger partial charge on any atom is 0.323 e. The van der Waals surface area contributed by atoms with E-state index in [0.29, 0.717) is 11.1 Å². The SMILES string of the molecule is CCOC(=O)CS(=O)(=O)N1c2ccc(OC3CCNCC3)c(F)c2CC1/C=C/c1cccc(C(=N)N)c1. The average Bonchev–Trinajstić information content (AvgIpc) is 3.25. The summed E-state index contributed by atoms with van der Waals surface area (Å²) in [5.74, 6) is -2.34. The first-order valence-electron chi connectivity index (χ1n) is 12.2. The highest BCUT2D eigenvalue weighted by atomic mass is 32.2. The lowest BCUT2D eigenvalue weighted by molar-refractivity contribution is -0.139. The molecule has 0 radical (unpaired) electrons. The molecule has 37 heavy (non-hydrogen) atoms. The van der Waals surface area contributed by atoms with Crippen molar-refractivity contribution in [3.8, 4) is 5.75 Å². The Balaban J connectivity index is 1.68. The zero-order valence-electron chi connectivity index (χ0n) is 20.6. The van der Waals surface area contributed by atoms with Crippen LogP contribution in [0.5, 0.6) is 5.75 Å². The molecule has 1 saturated heterocycles. The number of benzene rings is 2. The third-order valence-electron chi connectivity index (χ3n) is 6.33. The van der Waals surface area contributed by atoms with Gasteiger partial charge < -0.3 is 20.5 Å². The van der Waals surface area contributed by atoms with Gasteiger partial charge >= 0.3 is 5.97 Å². The van der Waals surface area contributed by atoms with E-state index in [1.54, 1.807) is 43.3 Å². The van der Waals surface area contributed by atoms with E-state index < -0.39 is 33.6 Å². The molecule has 1 atom stereocenters. The molecular weight excluding hydrogens is 499 g/mol. The number of nitrogens with zero attached hydrogens (tertiary/aromatic N) is 1. The summed E-state index contributed by atoms with van der Waals surface area (Å²) in [6.07, 6.45) is 4.79. The quantitative estimate of drug-likeness (QED) is 0.258. The van der Waals surface area contributed by atoms with Gasteiger partial charge in [0.25, 0.3) is 0 Å². The van der Waals surface area contributed by atoms with Crippen molar-refractivity contribution in [3.63, 3.8) is 0 Å². The number of carbonyl (C=O) groups excluding carboxylic acids is 1. The van der Waals surface area contributed by atoms with Gasteiger partial charge in [-0.3, -0.25) is 14.5 Å². The molecule has 1 unspecified atom stereocenters. The van der Waals surface area contributed by atoms with Gasteiger partial charge in [0.1, 0.15) is 11.9 Å². The van der Waals surface area contributed by atoms with Crippen LogP contribution in [0.1, 0.15) is 36.5 Å². The third-order valence-corrected chi connectivity index (χ3v) is 8.00. The maximum absolute atomic E-state index is 15.6. The summed E-state index contributed by atoms with van der Waals surface area (Å²) in [7, 11) is -4.19. The number of rotatable bonds is 9. The lowest BCUT2D eigenvalue weighted by Gasteiger charge is -2.26. The largest absolute Gasteiger partial charge is 0.487 e. The normalized spacial score (nSPS) is 18.1. The van der Waals surface area contributed by atoms with E-state index in [9.17, 15) is 13.2 Å². The van der Waals surface area contributed by atoms with Crippen LogP contribution in [0.3, 0.4) is 0 Å². The predicted octanol–water partition coefficient (Wildman–Crippen LogP) is 2.58. The lowest BCUT2D eigenvalue weighted by Crippen LogP contribution is -2.40. The van der Waals surface area contributed by atoms with Gasteiger partial charge in [-0.25, -0.2) is 12.8 Å². The Hall–Kier alpha value is -3.44. The number of sulfonamides is 1. The van der Waals surface area contributed by atoms with Crippen LogP contribution in [-0.2, 0) is 26.0 Å². The first kappa shape index (κ1) is 26.6. The summed E-state index contributed by atoms with van der Waals surface area (Å²) >= 11 is 0. The smallest absolute Gasteiger partial charge is 0.323 e. The van der Waals surface area contributed by atoms with Crippen LogP contribution in [0.25, 0.3) is 6.08 Å². The van der Waals surface area contributed by atoms with Gasteiger partial charge in [-0.05, 0) is 56.6 Å². The lowest BCUT2D eigenvalue weighted by atomic mass is 10.1. The number of amidine groups is 1. The van der Waals surface area contributed by atoms with E-state index in [2.05, 4.69) is 5.32 Å². The number of nitrogens with one attached hydrogen (secondary N) is 2. The number of ether oxygens (including phenoxy) is 2. The molecule has 2 aromatic rings. The van der Waals surface area contributed by atoms with Crippen molar-refractivity contribution in [3.05, 3.63) is 65.0 Å². The number of nitrogens with two attached hydrogens (primary N) is 1. The van der Waals surface area contributed by atoms with Crippen molar-refractivity contribution in [1.82, 2.24) is 5.32 Å². The van der Waals surface area contributed by atoms with Gasteiger partial charge in [0.2, 0.25) is 10.0 Å². The van der Waals surface area contributed by atoms with E-state index in [4.69, 9.17) is 20.6 Å². The summed E-state index contributed by atoms with van der Waals surface area (Å²) in [4.78, 5) is 12.1. The van der Waals surface area contributed by atoms with Gasteiger partial charge in [0.15, 0.2) is 17.3 Å². The van der Waals surface area contributed by atoms with Crippen LogP contribution in [-0.4, -0.2) is 57.8 Å². The molecular formula is C26H31FN4O5S. The van der Waals surface area contributed by atoms with Gasteiger partial charge in [0.05, 0.1) is 18.3 Å². The minimum Gasteiger partial charge on any atom is -0.487 e. The predicted molar refractivity (Wildman–Crippen MR) is 140 cm³/mol. The summed E-state index contributed by atoms with van der Waals surface area (Å²) in [5.41, 5.74) is 7.18. The minimum atomic E-state index is -4.19. The van der Waals surface area contributed by atoms with Gasteiger partial charge in [0, 0.05) is 17.5 Å². The van der Waals surface area contributed by atoms with Crippen LogP contribution in [0.2, 0.25) is 0 Å². The summed E-state index contributed by atoms with van der Waals surface area (Å²) in [5, 5.41) is 10.9. The fourth-order valence-electron chi connectivity index (χ4n) is 4.60. The second-order valence-corrected chi connectivity index (χ2v) is 10.8. The molecule has 0 amide bonds. The first-order chi connectivity index (χ1) is 17.7. The second-order valence-electron chi connectivity index (χ2n) is 8.97. The first-order valence-corrected chi connectivity index (χ1v) is 13.8. The molecule has 2 aromatic carbocycles. The molecule has 0 saturated carbocycles. The average molecular weight is 531 g/mol. The maximum atomic E-state index is 15.6. The van der Waals surface area contributed by atoms with Crippen LogP contribution < -0.4 is 20.1 Å². The molecule has 0 aromatic heterocycles. The monoisotopic (exact) mass is 530 g/mol. The molecule has 0 aliphatic carbocycles. The van der Waals surface area contributed by atoms with Crippen molar-refractivity contribution in [2.75, 3.05) is 29.8 Å². The Bertz CT molecular complexity index is 1310. The number of esters is 1. The molecule has 2 aliphatic rings. The minimum absolute atomic E-state index is 0.0484. The van der Waals surface area contributed by atoms with Crippen molar-refractivity contribution in [2.45, 2.75) is 38.3 Å². The standard InChI is InChI=1S/C26H31FN4O5S/c1-2-35-24(32)16-37(33,34)31-19(7-6-17-4-3-5-18(14-17)26(28)29)15-21-22(31)8-9-23(25(21)27)36-20-10-12-30-13-11-20/h3-9,14,19-20,30H,2,10-13,15-16H2,1H3,(H3,28,29)/b7-6+. The fourth-order valence-corrected chi connectivity index (χ4v) is 6.15. The number of hydrogen-bond donors (Lipinski definition) is 3. The van der Waals surface area contributed by atoms with E-state index in [0.717, 1.165) is 30.2 Å². The summed E-state index contributed by atoms with van der Waals surface area (Å²) in [6.45, 7) is 3.21. The van der Waals surface area contributed by atoms with Gasteiger partial charge in [-0.2, -0.15) is 0 Å². The zero-order valence-corrected chi connectivity index (χ0v) is 21.4. The molecule has 9 nitrogen and oxygen atoms in total. The van der Waals surface area contributed by atoms with Crippen molar-refractivity contribution >= 4 is 33.6 Å². The van der Waals surface area contributed by atoms with Gasteiger partial charge in [-0.15, -0.1) is 0 Å². The van der Waals surface area contributed by atoms with E-state index in [1.165, 1.54) is 12.1 Å². The van der Waals surface area contributed by atoms with Crippen molar-refractivity contribution < 1.29 is 27.1 Å². The number of carbonyl (C=O) groups is 1. The van der Waals surface area contributed by atoms with E-state index in [-0.39, 0.29) is 42.0 Å². The second kappa shape index (κ2) is 11.3. The highest BCUT2D eigenvalue weighted by Gasteiger charge is 2.40. The highest BCUT2D eigenvalue weighted by molar-refractivity contribution is 7.93. The Morgan fingerprint density at radius 1 is 1.27 bits per heavy atom. The number of anilines is 1. The molecule has 4 rings (SSSR count). The highest BCUT2D eigenvalue weighted by Crippen LogP contribution is 2.40. The Morgan fingerprint density at radius 3 is 2.73 bits per heavy atom. The molecule has 0 bridgehead atoms. The Morgan fingerprint density at radius 2 is 2.03 bits per heavy atom. The number of halogens is 1. The van der Waals surface area contributed by atoms with E-state index >= 15 is 4.39 Å². The molecule has 2 aliphatic heterocycles.